The minimum Gasteiger partial charge on any atom is -0.364 e. The Bertz CT molecular complexity index is 628. The van der Waals surface area contributed by atoms with Gasteiger partial charge in [-0.3, -0.25) is 0 Å². The van der Waals surface area contributed by atoms with E-state index in [0.29, 0.717) is 23.0 Å². The zero-order valence-corrected chi connectivity index (χ0v) is 13.1. The number of nitrogens with one attached hydrogen (secondary N) is 2. The fraction of sp³-hybridized carbons (Fsp3) is 0.615. The van der Waals surface area contributed by atoms with Crippen molar-refractivity contribution in [1.82, 2.24) is 24.8 Å². The van der Waals surface area contributed by atoms with Gasteiger partial charge in [0.1, 0.15) is 0 Å². The van der Waals surface area contributed by atoms with Gasteiger partial charge in [-0.2, -0.15) is 14.4 Å². The van der Waals surface area contributed by atoms with Crippen LogP contribution in [-0.4, -0.2) is 38.1 Å². The molecule has 2 N–H and O–H groups in total. The smallest absolute Gasteiger partial charge is 0.312 e. The summed E-state index contributed by atoms with van der Waals surface area (Å²) in [6.07, 6.45) is 1.95. The lowest BCUT2D eigenvalue weighted by atomic mass is 10.2. The van der Waals surface area contributed by atoms with Crippen LogP contribution in [-0.2, 0) is 0 Å². The zero-order chi connectivity index (χ0) is 14.3. The van der Waals surface area contributed by atoms with Crippen molar-refractivity contribution in [2.24, 2.45) is 0 Å². The van der Waals surface area contributed by atoms with Gasteiger partial charge in [0.05, 0.1) is 6.33 Å². The molecule has 1 aliphatic heterocycles. The van der Waals surface area contributed by atoms with E-state index in [1.165, 1.54) is 0 Å². The molecule has 3 heterocycles. The maximum absolute atomic E-state index is 13.6. The molecular formula is C13H20ClFN6. The van der Waals surface area contributed by atoms with Gasteiger partial charge in [-0.15, -0.1) is 12.4 Å². The second-order valence-electron chi connectivity index (χ2n) is 5.65. The SMILES string of the molecule is CC(C)n1cnc2c(N[C@@H]3CN[C@H](C)C3)nc(F)nc21.Cl. The number of nitrogens with zero attached hydrogens (tertiary/aromatic N) is 4. The van der Waals surface area contributed by atoms with Gasteiger partial charge in [0, 0.05) is 24.7 Å². The number of halogens is 2. The van der Waals surface area contributed by atoms with Crippen LogP contribution >= 0.6 is 12.4 Å². The molecule has 3 rings (SSSR count). The van der Waals surface area contributed by atoms with Gasteiger partial charge in [0.25, 0.3) is 0 Å². The van der Waals surface area contributed by atoms with Gasteiger partial charge < -0.3 is 15.2 Å². The van der Waals surface area contributed by atoms with Crippen molar-refractivity contribution < 1.29 is 4.39 Å². The van der Waals surface area contributed by atoms with E-state index in [0.717, 1.165) is 13.0 Å². The highest BCUT2D eigenvalue weighted by atomic mass is 35.5. The van der Waals surface area contributed by atoms with Crippen molar-refractivity contribution in [2.45, 2.75) is 45.3 Å². The number of hydrogen-bond acceptors (Lipinski definition) is 5. The Labute approximate surface area is 129 Å². The Hall–Kier alpha value is -1.47. The summed E-state index contributed by atoms with van der Waals surface area (Å²) >= 11 is 0. The molecule has 0 amide bonds. The molecule has 0 spiro atoms. The fourth-order valence-corrected chi connectivity index (χ4v) is 2.61. The van der Waals surface area contributed by atoms with E-state index in [2.05, 4.69) is 32.5 Å². The van der Waals surface area contributed by atoms with Crippen molar-refractivity contribution in [1.29, 1.82) is 0 Å². The molecule has 6 nitrogen and oxygen atoms in total. The fourth-order valence-electron chi connectivity index (χ4n) is 2.61. The average Bonchev–Trinajstić information content (AvgIpc) is 2.95. The van der Waals surface area contributed by atoms with Crippen LogP contribution < -0.4 is 10.6 Å². The van der Waals surface area contributed by atoms with Gasteiger partial charge in [0.15, 0.2) is 17.0 Å². The Balaban J connectivity index is 0.00000161. The molecule has 1 fully saturated rings. The third-order valence-electron chi connectivity index (χ3n) is 3.64. The topological polar surface area (TPSA) is 67.7 Å². The van der Waals surface area contributed by atoms with E-state index in [1.807, 2.05) is 18.4 Å². The third-order valence-corrected chi connectivity index (χ3v) is 3.64. The molecule has 2 atom stereocenters. The molecule has 0 aliphatic carbocycles. The summed E-state index contributed by atoms with van der Waals surface area (Å²) in [5.74, 6) is 0.479. The van der Waals surface area contributed by atoms with Crippen LogP contribution in [0.3, 0.4) is 0 Å². The van der Waals surface area contributed by atoms with Crippen LogP contribution in [0.15, 0.2) is 6.33 Å². The summed E-state index contributed by atoms with van der Waals surface area (Å²) < 4.78 is 15.5. The summed E-state index contributed by atoms with van der Waals surface area (Å²) in [5, 5.41) is 6.63. The first-order valence-corrected chi connectivity index (χ1v) is 6.94. The second kappa shape index (κ2) is 6.11. The molecule has 21 heavy (non-hydrogen) atoms. The number of imidazole rings is 1. The number of aromatic nitrogens is 4. The highest BCUT2D eigenvalue weighted by Gasteiger charge is 2.23. The maximum atomic E-state index is 13.6. The molecule has 1 aliphatic rings. The van der Waals surface area contributed by atoms with Gasteiger partial charge in [-0.25, -0.2) is 4.98 Å². The lowest BCUT2D eigenvalue weighted by Crippen LogP contribution is -2.23. The molecule has 116 valence electrons. The second-order valence-corrected chi connectivity index (χ2v) is 5.65. The van der Waals surface area contributed by atoms with Gasteiger partial charge in [-0.1, -0.05) is 0 Å². The predicted octanol–water partition coefficient (Wildman–Crippen LogP) is 2.13. The highest BCUT2D eigenvalue weighted by Crippen LogP contribution is 2.23. The normalized spacial score (nSPS) is 21.8. The van der Waals surface area contributed by atoms with E-state index in [4.69, 9.17) is 0 Å². The molecule has 0 saturated carbocycles. The van der Waals surface area contributed by atoms with E-state index < -0.39 is 6.08 Å². The highest BCUT2D eigenvalue weighted by molar-refractivity contribution is 5.85. The maximum Gasteiger partial charge on any atom is 0.312 e. The average molecular weight is 315 g/mol. The van der Waals surface area contributed by atoms with Crippen LogP contribution in [0.2, 0.25) is 0 Å². The van der Waals surface area contributed by atoms with E-state index >= 15 is 0 Å². The minimum absolute atomic E-state index is 0. The van der Waals surface area contributed by atoms with Crippen molar-refractivity contribution >= 4 is 29.4 Å². The number of anilines is 1. The van der Waals surface area contributed by atoms with E-state index in [9.17, 15) is 4.39 Å². The first-order valence-electron chi connectivity index (χ1n) is 6.94. The Morgan fingerprint density at radius 3 is 2.81 bits per heavy atom. The number of hydrogen-bond donors (Lipinski definition) is 2. The first-order chi connectivity index (χ1) is 9.54. The third kappa shape index (κ3) is 3.08. The van der Waals surface area contributed by atoms with Gasteiger partial charge >= 0.3 is 6.08 Å². The Kier molecular flexibility index (Phi) is 4.63. The summed E-state index contributed by atoms with van der Waals surface area (Å²) in [4.78, 5) is 12.1. The number of fused-ring (bicyclic) bond motifs is 1. The quantitative estimate of drug-likeness (QED) is 0.850. The molecule has 2 aromatic rings. The van der Waals surface area contributed by atoms with Crippen LogP contribution in [0.5, 0.6) is 0 Å². The molecule has 0 unspecified atom stereocenters. The lowest BCUT2D eigenvalue weighted by Gasteiger charge is -2.13. The molecule has 1 saturated heterocycles. The summed E-state index contributed by atoms with van der Waals surface area (Å²) in [6.45, 7) is 7.00. The molecule has 8 heteroatoms. The molecule has 0 bridgehead atoms. The zero-order valence-electron chi connectivity index (χ0n) is 12.3. The molecule has 0 radical (unpaired) electrons. The van der Waals surface area contributed by atoms with Crippen molar-refractivity contribution in [3.8, 4) is 0 Å². The van der Waals surface area contributed by atoms with Crippen LogP contribution in [0.25, 0.3) is 11.2 Å². The summed E-state index contributed by atoms with van der Waals surface area (Å²) in [6, 6.07) is 0.880. The lowest BCUT2D eigenvalue weighted by molar-refractivity contribution is 0.537. The summed E-state index contributed by atoms with van der Waals surface area (Å²) in [5.41, 5.74) is 1.16. The Morgan fingerprint density at radius 2 is 2.19 bits per heavy atom. The summed E-state index contributed by atoms with van der Waals surface area (Å²) in [7, 11) is 0. The van der Waals surface area contributed by atoms with Crippen LogP contribution in [0.1, 0.15) is 33.2 Å². The van der Waals surface area contributed by atoms with E-state index in [1.54, 1.807) is 6.33 Å². The number of rotatable bonds is 3. The van der Waals surface area contributed by atoms with Crippen molar-refractivity contribution in [2.75, 3.05) is 11.9 Å². The van der Waals surface area contributed by atoms with Crippen molar-refractivity contribution in [3.05, 3.63) is 12.4 Å². The monoisotopic (exact) mass is 314 g/mol. The van der Waals surface area contributed by atoms with Gasteiger partial charge in [0.2, 0.25) is 0 Å². The predicted molar refractivity (Wildman–Crippen MR) is 82.4 cm³/mol. The molecular weight excluding hydrogens is 295 g/mol. The molecule has 0 aromatic carbocycles. The standard InChI is InChI=1S/C13H19FN6.ClH/c1-7(2)20-6-16-10-11(18-13(14)19-12(10)20)17-9-4-8(3)15-5-9;/h6-9,15H,4-5H2,1-3H3,(H,17,18,19);1H/t8-,9+;/m1./s1. The molecule has 2 aromatic heterocycles. The largest absolute Gasteiger partial charge is 0.364 e. The van der Waals surface area contributed by atoms with Gasteiger partial charge in [-0.05, 0) is 27.2 Å². The van der Waals surface area contributed by atoms with E-state index in [-0.39, 0.29) is 24.5 Å². The van der Waals surface area contributed by atoms with Crippen LogP contribution in [0, 0.1) is 6.08 Å². The Morgan fingerprint density at radius 1 is 1.43 bits per heavy atom. The van der Waals surface area contributed by atoms with Crippen LogP contribution in [0.4, 0.5) is 10.2 Å². The first kappa shape index (κ1) is 15.9. The van der Waals surface area contributed by atoms with Crippen molar-refractivity contribution in [3.63, 3.8) is 0 Å². The minimum atomic E-state index is -0.721.